The summed E-state index contributed by atoms with van der Waals surface area (Å²) in [6, 6.07) is 6.35. The molecule has 4 nitrogen and oxygen atoms in total. The van der Waals surface area contributed by atoms with Crippen LogP contribution < -0.4 is 4.74 Å². The highest BCUT2D eigenvalue weighted by Crippen LogP contribution is 2.26. The molecule has 2 N–H and O–H groups in total. The third-order valence-corrected chi connectivity index (χ3v) is 2.59. The van der Waals surface area contributed by atoms with E-state index in [0.717, 1.165) is 0 Å². The molecule has 0 spiro atoms. The Bertz CT molecular complexity index is 451. The number of aliphatic carboxylic acids is 1. The van der Waals surface area contributed by atoms with Crippen LogP contribution in [-0.2, 0) is 4.79 Å². The number of carbonyl (C=O) groups is 1. The molecule has 0 aliphatic rings. The average molecular weight is 272 g/mol. The van der Waals surface area contributed by atoms with Crippen molar-refractivity contribution in [1.82, 2.24) is 0 Å². The van der Waals surface area contributed by atoms with E-state index in [1.54, 1.807) is 24.3 Å². The fourth-order valence-electron chi connectivity index (χ4n) is 1.24. The number of ether oxygens (including phenoxy) is 1. The molecule has 18 heavy (non-hydrogen) atoms. The summed E-state index contributed by atoms with van der Waals surface area (Å²) < 4.78 is 5.32. The highest BCUT2D eigenvalue weighted by molar-refractivity contribution is 6.29. The highest BCUT2D eigenvalue weighted by Gasteiger charge is 2.29. The van der Waals surface area contributed by atoms with E-state index >= 15 is 0 Å². The second kappa shape index (κ2) is 5.42. The van der Waals surface area contributed by atoms with E-state index in [-0.39, 0.29) is 5.03 Å². The molecule has 1 unspecified atom stereocenters. The number of aliphatic hydroxyl groups is 1. The van der Waals surface area contributed by atoms with Gasteiger partial charge in [0.1, 0.15) is 11.9 Å². The second-order valence-corrected chi connectivity index (χ2v) is 4.82. The van der Waals surface area contributed by atoms with Gasteiger partial charge in [-0.3, -0.25) is 0 Å². The Morgan fingerprint density at radius 3 is 2.28 bits per heavy atom. The van der Waals surface area contributed by atoms with Gasteiger partial charge in [-0.1, -0.05) is 30.3 Å². The van der Waals surface area contributed by atoms with Gasteiger partial charge in [-0.25, -0.2) is 4.79 Å². The number of hydrogen-bond acceptors (Lipinski definition) is 3. The molecule has 0 aromatic heterocycles. The van der Waals surface area contributed by atoms with E-state index in [1.165, 1.54) is 13.8 Å². The van der Waals surface area contributed by atoms with E-state index in [9.17, 15) is 9.90 Å². The lowest BCUT2D eigenvalue weighted by molar-refractivity contribution is -0.152. The van der Waals surface area contributed by atoms with E-state index in [2.05, 4.69) is 6.58 Å². The Kier molecular flexibility index (Phi) is 4.38. The van der Waals surface area contributed by atoms with Crippen LogP contribution in [0.2, 0.25) is 0 Å². The summed E-state index contributed by atoms with van der Waals surface area (Å²) in [5.41, 5.74) is -0.744. The fraction of sp³-hybridized carbons (Fsp3) is 0.308. The lowest BCUT2D eigenvalue weighted by Gasteiger charge is -2.21. The molecule has 0 radical (unpaired) electrons. The van der Waals surface area contributed by atoms with E-state index in [0.29, 0.717) is 11.3 Å². The van der Waals surface area contributed by atoms with Crippen LogP contribution >= 0.6 is 11.6 Å². The Labute approximate surface area is 110 Å². The molecule has 0 aliphatic heterocycles. The van der Waals surface area contributed by atoms with Gasteiger partial charge in [-0.2, -0.15) is 0 Å². The van der Waals surface area contributed by atoms with E-state index in [1.807, 2.05) is 0 Å². The molecular formula is C13H15ClO4. The maximum Gasteiger partial charge on any atom is 0.347 e. The van der Waals surface area contributed by atoms with Gasteiger partial charge in [0.05, 0.1) is 0 Å². The summed E-state index contributed by atoms with van der Waals surface area (Å²) in [7, 11) is 0. The van der Waals surface area contributed by atoms with Gasteiger partial charge in [-0.05, 0) is 31.5 Å². The van der Waals surface area contributed by atoms with Gasteiger partial charge in [0, 0.05) is 5.03 Å². The summed E-state index contributed by atoms with van der Waals surface area (Å²) in [5.74, 6) is -0.653. The van der Waals surface area contributed by atoms with Crippen molar-refractivity contribution in [2.45, 2.75) is 25.6 Å². The molecule has 1 aromatic rings. The molecule has 0 amide bonds. The highest BCUT2D eigenvalue weighted by atomic mass is 35.5. The predicted octanol–water partition coefficient (Wildman–Crippen LogP) is 2.71. The van der Waals surface area contributed by atoms with Gasteiger partial charge in [-0.15, -0.1) is 0 Å². The van der Waals surface area contributed by atoms with Gasteiger partial charge >= 0.3 is 5.97 Å². The van der Waals surface area contributed by atoms with E-state index in [4.69, 9.17) is 21.4 Å². The van der Waals surface area contributed by atoms with Gasteiger partial charge < -0.3 is 14.9 Å². The Morgan fingerprint density at radius 2 is 1.89 bits per heavy atom. The van der Waals surface area contributed by atoms with Crippen molar-refractivity contribution in [1.29, 1.82) is 0 Å². The first-order chi connectivity index (χ1) is 8.24. The zero-order valence-corrected chi connectivity index (χ0v) is 10.9. The summed E-state index contributed by atoms with van der Waals surface area (Å²) in [6.07, 6.45) is -0.951. The third kappa shape index (κ3) is 3.48. The van der Waals surface area contributed by atoms with Crippen molar-refractivity contribution in [3.05, 3.63) is 41.4 Å². The summed E-state index contributed by atoms with van der Waals surface area (Å²) in [6.45, 7) is 6.36. The molecule has 5 heteroatoms. The molecule has 1 aromatic carbocycles. The zero-order chi connectivity index (χ0) is 13.9. The zero-order valence-electron chi connectivity index (χ0n) is 10.2. The number of benzene rings is 1. The first-order valence-electron chi connectivity index (χ1n) is 5.29. The smallest absolute Gasteiger partial charge is 0.347 e. The van der Waals surface area contributed by atoms with Crippen LogP contribution in [-0.4, -0.2) is 21.8 Å². The number of halogens is 1. The number of aliphatic hydroxyl groups excluding tert-OH is 1. The molecule has 98 valence electrons. The molecule has 0 bridgehead atoms. The van der Waals surface area contributed by atoms with Crippen LogP contribution in [0.1, 0.15) is 25.5 Å². The summed E-state index contributed by atoms with van der Waals surface area (Å²) in [5, 5.41) is 18.7. The third-order valence-electron chi connectivity index (χ3n) is 2.38. The normalized spacial score (nSPS) is 12.9. The number of hydrogen-bond donors (Lipinski definition) is 2. The second-order valence-electron chi connectivity index (χ2n) is 4.34. The largest absolute Gasteiger partial charge is 0.478 e. The molecular weight excluding hydrogens is 257 g/mol. The molecule has 0 saturated carbocycles. The molecule has 0 aliphatic carbocycles. The predicted molar refractivity (Wildman–Crippen MR) is 68.7 cm³/mol. The molecule has 1 rings (SSSR count). The van der Waals surface area contributed by atoms with Crippen molar-refractivity contribution in [3.63, 3.8) is 0 Å². The minimum absolute atomic E-state index is 0.120. The Balaban J connectivity index is 2.84. The molecule has 1 atom stereocenters. The van der Waals surface area contributed by atoms with Crippen molar-refractivity contribution in [2.24, 2.45) is 0 Å². The number of carboxylic acid groups (broad SMARTS) is 1. The Hall–Kier alpha value is -1.52. The van der Waals surface area contributed by atoms with Crippen LogP contribution in [0.25, 0.3) is 0 Å². The fourth-order valence-corrected chi connectivity index (χ4v) is 1.36. The summed E-state index contributed by atoms with van der Waals surface area (Å²) in [4.78, 5) is 10.9. The maximum atomic E-state index is 10.9. The van der Waals surface area contributed by atoms with Crippen molar-refractivity contribution >= 4 is 17.6 Å². The van der Waals surface area contributed by atoms with Crippen LogP contribution in [0, 0.1) is 0 Å². The van der Waals surface area contributed by atoms with Gasteiger partial charge in [0.15, 0.2) is 5.60 Å². The van der Waals surface area contributed by atoms with Crippen molar-refractivity contribution in [2.75, 3.05) is 0 Å². The standard InChI is InChI=1S/C13H15ClO4/c1-8(14)11(15)9-4-6-10(7-5-9)18-13(2,3)12(16)17/h4-7,11,15H,1H2,2-3H3,(H,16,17)/i1+1. The van der Waals surface area contributed by atoms with Gasteiger partial charge in [0.25, 0.3) is 0 Å². The van der Waals surface area contributed by atoms with Crippen LogP contribution in [0.3, 0.4) is 0 Å². The first kappa shape index (κ1) is 14.5. The SMILES string of the molecule is CC(C)(Oc1ccc(C(O)C(=[13CH2])Cl)cc1)C(=O)O. The minimum atomic E-state index is -1.31. The van der Waals surface area contributed by atoms with Crippen molar-refractivity contribution in [3.8, 4) is 5.75 Å². The molecule has 0 fully saturated rings. The van der Waals surface area contributed by atoms with Gasteiger partial charge in [0.2, 0.25) is 0 Å². The van der Waals surface area contributed by atoms with Crippen LogP contribution in [0.15, 0.2) is 35.9 Å². The molecule has 0 saturated heterocycles. The average Bonchev–Trinajstić information content (AvgIpc) is 2.28. The number of rotatable bonds is 5. The minimum Gasteiger partial charge on any atom is -0.478 e. The topological polar surface area (TPSA) is 66.8 Å². The van der Waals surface area contributed by atoms with E-state index < -0.39 is 17.7 Å². The van der Waals surface area contributed by atoms with Crippen LogP contribution in [0.5, 0.6) is 5.75 Å². The Morgan fingerprint density at radius 1 is 1.39 bits per heavy atom. The summed E-state index contributed by atoms with van der Waals surface area (Å²) >= 11 is 5.60. The lowest BCUT2D eigenvalue weighted by atomic mass is 10.1. The van der Waals surface area contributed by atoms with Crippen molar-refractivity contribution < 1.29 is 19.7 Å². The van der Waals surface area contributed by atoms with Crippen LogP contribution in [0.4, 0.5) is 0 Å². The first-order valence-corrected chi connectivity index (χ1v) is 5.66. The monoisotopic (exact) mass is 271 g/mol. The lowest BCUT2D eigenvalue weighted by Crippen LogP contribution is -2.37. The maximum absolute atomic E-state index is 10.9. The quantitative estimate of drug-likeness (QED) is 0.808. The number of carboxylic acids is 1. The molecule has 0 heterocycles.